The van der Waals surface area contributed by atoms with Gasteiger partial charge >= 0.3 is 0 Å². The molecule has 29 heavy (non-hydrogen) atoms. The summed E-state index contributed by atoms with van der Waals surface area (Å²) in [6.07, 6.45) is 7.29. The Bertz CT molecular complexity index is 716. The predicted molar refractivity (Wildman–Crippen MR) is 115 cm³/mol. The zero-order valence-corrected chi connectivity index (χ0v) is 17.8. The van der Waals surface area contributed by atoms with Crippen molar-refractivity contribution in [3.63, 3.8) is 0 Å². The maximum absolute atomic E-state index is 12.9. The highest BCUT2D eigenvalue weighted by Crippen LogP contribution is 2.54. The van der Waals surface area contributed by atoms with Crippen LogP contribution in [0.4, 0.5) is 0 Å². The van der Waals surface area contributed by atoms with Crippen LogP contribution in [0.1, 0.15) is 44.1 Å². The first-order chi connectivity index (χ1) is 14.0. The van der Waals surface area contributed by atoms with Gasteiger partial charge in [0.05, 0.1) is 6.54 Å². The molecule has 5 aliphatic rings. The van der Waals surface area contributed by atoms with Gasteiger partial charge in [0.15, 0.2) is 0 Å². The summed E-state index contributed by atoms with van der Waals surface area (Å²) < 4.78 is 25.2. The Morgan fingerprint density at radius 3 is 2.24 bits per heavy atom. The second kappa shape index (κ2) is 7.85. The minimum Gasteiger partial charge on any atom is -0.352 e. The van der Waals surface area contributed by atoms with Crippen molar-refractivity contribution in [3.05, 3.63) is 35.9 Å². The number of hydrogen-bond acceptors (Lipinski definition) is 5. The molecule has 0 radical (unpaired) electrons. The lowest BCUT2D eigenvalue weighted by Gasteiger charge is -2.55. The quantitative estimate of drug-likeness (QED) is 0.678. The number of hydrogen-bond donors (Lipinski definition) is 3. The molecule has 5 fully saturated rings. The first kappa shape index (κ1) is 19.8. The Hall–Kier alpha value is -1.12. The van der Waals surface area contributed by atoms with E-state index in [9.17, 15) is 13.9 Å². The van der Waals surface area contributed by atoms with Crippen LogP contribution >= 0.6 is 11.0 Å². The Morgan fingerprint density at radius 1 is 0.966 bits per heavy atom. The molecule has 1 amide bonds. The smallest absolute Gasteiger partial charge is 0.236 e. The van der Waals surface area contributed by atoms with Crippen LogP contribution in [0, 0.1) is 23.7 Å². The van der Waals surface area contributed by atoms with Crippen molar-refractivity contribution in [2.75, 3.05) is 19.6 Å². The van der Waals surface area contributed by atoms with Gasteiger partial charge in [0.1, 0.15) is 0 Å². The van der Waals surface area contributed by atoms with E-state index in [0.29, 0.717) is 37.5 Å². The Labute approximate surface area is 175 Å². The molecular formula is C22H33N3O3S. The second-order valence-electron chi connectivity index (χ2n) is 9.58. The molecule has 0 atom stereocenters. The van der Waals surface area contributed by atoms with Gasteiger partial charge < -0.3 is 5.32 Å². The number of rotatable bonds is 5. The Kier molecular flexibility index (Phi) is 5.37. The topological polar surface area (TPSA) is 76.0 Å². The molecule has 6 nitrogen and oxygen atoms in total. The summed E-state index contributed by atoms with van der Waals surface area (Å²) in [5, 5.41) is 3.30. The fourth-order valence-electron chi connectivity index (χ4n) is 6.50. The normalized spacial score (nSPS) is 37.4. The van der Waals surface area contributed by atoms with Gasteiger partial charge in [-0.15, -0.1) is 0 Å². The van der Waals surface area contributed by atoms with Gasteiger partial charge in [-0.1, -0.05) is 41.3 Å². The average molecular weight is 420 g/mol. The maximum Gasteiger partial charge on any atom is 0.236 e. The van der Waals surface area contributed by atoms with E-state index in [-0.39, 0.29) is 12.5 Å². The first-order valence-electron chi connectivity index (χ1n) is 11.1. The molecule has 0 aromatic heterocycles. The molecular weight excluding hydrogens is 386 g/mol. The minimum atomic E-state index is -3.11. The van der Waals surface area contributed by atoms with Crippen molar-refractivity contribution >= 4 is 16.9 Å². The molecule has 0 unspecified atom stereocenters. The number of nitrogens with zero attached hydrogens (tertiary/aromatic N) is 2. The van der Waals surface area contributed by atoms with Crippen LogP contribution in [0.25, 0.3) is 0 Å². The minimum absolute atomic E-state index is 0.0518. The number of benzene rings is 1. The molecule has 7 heteroatoms. The van der Waals surface area contributed by atoms with Crippen LogP contribution in [-0.4, -0.2) is 49.3 Å². The molecule has 6 rings (SSSR count). The SMILES string of the molecule is O=C(CN1CCCN(Cc2ccccc2)S1(O)O)NC1C2CC3CC(C2)CC1C3. The van der Waals surface area contributed by atoms with Crippen LogP contribution < -0.4 is 5.32 Å². The van der Waals surface area contributed by atoms with E-state index < -0.39 is 11.0 Å². The molecule has 160 valence electrons. The summed E-state index contributed by atoms with van der Waals surface area (Å²) >= 11 is 0. The van der Waals surface area contributed by atoms with Gasteiger partial charge in [0, 0.05) is 25.7 Å². The van der Waals surface area contributed by atoms with Gasteiger partial charge in [0.25, 0.3) is 0 Å². The van der Waals surface area contributed by atoms with E-state index in [4.69, 9.17) is 0 Å². The maximum atomic E-state index is 12.9. The first-order valence-corrected chi connectivity index (χ1v) is 12.6. The van der Waals surface area contributed by atoms with Crippen molar-refractivity contribution in [1.29, 1.82) is 0 Å². The molecule has 1 aromatic carbocycles. The zero-order chi connectivity index (χ0) is 20.0. The second-order valence-corrected chi connectivity index (χ2v) is 11.6. The monoisotopic (exact) mass is 419 g/mol. The van der Waals surface area contributed by atoms with Crippen LogP contribution in [-0.2, 0) is 11.3 Å². The van der Waals surface area contributed by atoms with Crippen molar-refractivity contribution in [2.24, 2.45) is 23.7 Å². The lowest BCUT2D eigenvalue weighted by molar-refractivity contribution is -0.125. The van der Waals surface area contributed by atoms with Gasteiger partial charge in [0.2, 0.25) is 5.91 Å². The molecule has 4 aliphatic carbocycles. The van der Waals surface area contributed by atoms with Gasteiger partial charge in [-0.05, 0) is 67.8 Å². The van der Waals surface area contributed by atoms with Crippen molar-refractivity contribution in [3.8, 4) is 0 Å². The lowest BCUT2D eigenvalue weighted by Crippen LogP contribution is -2.57. The standard InChI is InChI=1S/C22H33N3O3S/c26-21(23-22-19-10-17-9-18(12-19)13-20(22)11-17)15-25-8-4-7-24(29(25,27)28)14-16-5-2-1-3-6-16/h1-3,5-6,17-20,22,27-28H,4,7-15H2,(H,23,26). The van der Waals surface area contributed by atoms with Gasteiger partial charge in [-0.2, -0.15) is 8.61 Å². The highest BCUT2D eigenvalue weighted by atomic mass is 32.3. The van der Waals surface area contributed by atoms with E-state index in [2.05, 4.69) is 5.32 Å². The van der Waals surface area contributed by atoms with Crippen LogP contribution in [0.2, 0.25) is 0 Å². The summed E-state index contributed by atoms with van der Waals surface area (Å²) in [7, 11) is -3.11. The number of nitrogens with one attached hydrogen (secondary N) is 1. The van der Waals surface area contributed by atoms with E-state index in [0.717, 1.165) is 23.8 Å². The summed E-state index contributed by atoms with van der Waals surface area (Å²) in [6.45, 7) is 1.72. The zero-order valence-electron chi connectivity index (χ0n) is 16.9. The number of amides is 1. The van der Waals surface area contributed by atoms with Crippen molar-refractivity contribution in [1.82, 2.24) is 13.9 Å². The summed E-state index contributed by atoms with van der Waals surface area (Å²) in [4.78, 5) is 12.9. The lowest BCUT2D eigenvalue weighted by atomic mass is 9.54. The third-order valence-electron chi connectivity index (χ3n) is 7.58. The molecule has 1 aliphatic heterocycles. The molecule has 1 saturated heterocycles. The summed E-state index contributed by atoms with van der Waals surface area (Å²) in [6, 6.07) is 10.2. The van der Waals surface area contributed by atoms with Crippen LogP contribution in [0.3, 0.4) is 0 Å². The molecule has 1 aromatic rings. The fourth-order valence-corrected chi connectivity index (χ4v) is 8.19. The molecule has 1 heterocycles. The van der Waals surface area contributed by atoms with Crippen LogP contribution in [0.5, 0.6) is 0 Å². The van der Waals surface area contributed by atoms with Crippen molar-refractivity contribution < 1.29 is 13.9 Å². The predicted octanol–water partition coefficient (Wildman–Crippen LogP) is 3.72. The van der Waals surface area contributed by atoms with E-state index in [1.54, 1.807) is 8.61 Å². The van der Waals surface area contributed by atoms with E-state index in [1.807, 2.05) is 30.3 Å². The number of carbonyl (C=O) groups excluding carboxylic acids is 1. The molecule has 4 bridgehead atoms. The number of carbonyl (C=O) groups is 1. The van der Waals surface area contributed by atoms with Crippen molar-refractivity contribution in [2.45, 2.75) is 51.1 Å². The Balaban J connectivity index is 1.21. The summed E-state index contributed by atoms with van der Waals surface area (Å²) in [5.41, 5.74) is 1.05. The molecule has 0 spiro atoms. The third-order valence-corrected chi connectivity index (χ3v) is 9.59. The molecule has 3 N–H and O–H groups in total. The summed E-state index contributed by atoms with van der Waals surface area (Å²) in [5.74, 6) is 2.97. The van der Waals surface area contributed by atoms with E-state index in [1.165, 1.54) is 32.1 Å². The van der Waals surface area contributed by atoms with Gasteiger partial charge in [-0.25, -0.2) is 0 Å². The third kappa shape index (κ3) is 3.95. The van der Waals surface area contributed by atoms with Crippen LogP contribution in [0.15, 0.2) is 30.3 Å². The van der Waals surface area contributed by atoms with Gasteiger partial charge in [-0.3, -0.25) is 13.9 Å². The average Bonchev–Trinajstić information content (AvgIpc) is 2.68. The van der Waals surface area contributed by atoms with E-state index >= 15 is 0 Å². The largest absolute Gasteiger partial charge is 0.352 e. The highest BCUT2D eigenvalue weighted by molar-refractivity contribution is 8.20. The highest BCUT2D eigenvalue weighted by Gasteiger charge is 2.48. The molecule has 4 saturated carbocycles. The fraction of sp³-hybridized carbons (Fsp3) is 0.682. The Morgan fingerprint density at radius 2 is 1.59 bits per heavy atom.